The maximum Gasteiger partial charge on any atom is 0.379 e. The number of unbranched alkanes of at least 4 members (excludes halogenated alkanes) is 7. The highest BCUT2D eigenvalue weighted by Crippen LogP contribution is 2.10. The van der Waals surface area contributed by atoms with Crippen LogP contribution in [0.25, 0.3) is 0 Å². The average Bonchev–Trinajstić information content (AvgIpc) is 2.50. The van der Waals surface area contributed by atoms with Gasteiger partial charge in [-0.1, -0.05) is 50.7 Å². The molecular formula is C18H29NO4. The van der Waals surface area contributed by atoms with Crippen LogP contribution in [-0.4, -0.2) is 22.0 Å². The summed E-state index contributed by atoms with van der Waals surface area (Å²) in [5.74, 6) is 4.96. The van der Waals surface area contributed by atoms with Crippen LogP contribution < -0.4 is 0 Å². The van der Waals surface area contributed by atoms with Gasteiger partial charge in [-0.15, -0.1) is 5.92 Å². The van der Waals surface area contributed by atoms with Crippen molar-refractivity contribution < 1.29 is 14.8 Å². The predicted molar refractivity (Wildman–Crippen MR) is 91.8 cm³/mol. The van der Waals surface area contributed by atoms with Crippen LogP contribution in [0.4, 0.5) is 0 Å². The highest BCUT2D eigenvalue weighted by Gasteiger charge is 2.27. The van der Waals surface area contributed by atoms with Gasteiger partial charge in [0.05, 0.1) is 0 Å². The molecular weight excluding hydrogens is 294 g/mol. The molecule has 0 saturated heterocycles. The fourth-order valence-electron chi connectivity index (χ4n) is 2.16. The van der Waals surface area contributed by atoms with Crippen LogP contribution in [0.3, 0.4) is 0 Å². The van der Waals surface area contributed by atoms with Crippen LogP contribution in [0.5, 0.6) is 0 Å². The molecule has 1 unspecified atom stereocenters. The molecule has 130 valence electrons. The lowest BCUT2D eigenvalue weighted by Crippen LogP contribution is -2.28. The van der Waals surface area contributed by atoms with Crippen molar-refractivity contribution in [2.24, 2.45) is 0 Å². The molecule has 5 heteroatoms. The lowest BCUT2D eigenvalue weighted by Gasteiger charge is -2.04. The maximum atomic E-state index is 10.6. The third-order valence-electron chi connectivity index (χ3n) is 3.55. The van der Waals surface area contributed by atoms with Gasteiger partial charge in [0.25, 0.3) is 0 Å². The standard InChI is InChI=1S/C18H29NO4/c1-2-3-4-5-6-7-8-9-10-11-12-13-14-15-16-17(18(20)21)19(22)23/h9-10,17H,2-5,8,11-16H2,1H3,(H,20,21). The second-order valence-electron chi connectivity index (χ2n) is 5.62. The summed E-state index contributed by atoms with van der Waals surface area (Å²) in [5.41, 5.74) is 0. The number of carboxylic acid groups (broad SMARTS) is 1. The Balaban J connectivity index is 3.50. The van der Waals surface area contributed by atoms with Crippen molar-refractivity contribution in [1.82, 2.24) is 0 Å². The number of rotatable bonds is 13. The van der Waals surface area contributed by atoms with Crippen LogP contribution in [0.1, 0.15) is 77.6 Å². The van der Waals surface area contributed by atoms with E-state index in [0.29, 0.717) is 6.42 Å². The summed E-state index contributed by atoms with van der Waals surface area (Å²) in [5, 5.41) is 19.2. The summed E-state index contributed by atoms with van der Waals surface area (Å²) in [6.45, 7) is 2.18. The molecule has 0 rings (SSSR count). The summed E-state index contributed by atoms with van der Waals surface area (Å²) in [6.07, 6.45) is 14.2. The lowest BCUT2D eigenvalue weighted by molar-refractivity contribution is -0.511. The van der Waals surface area contributed by atoms with Gasteiger partial charge in [-0.25, -0.2) is 4.79 Å². The second-order valence-corrected chi connectivity index (χ2v) is 5.62. The molecule has 0 aliphatic rings. The minimum absolute atomic E-state index is 0.117. The van der Waals surface area contributed by atoms with Gasteiger partial charge in [-0.3, -0.25) is 10.1 Å². The van der Waals surface area contributed by atoms with E-state index in [-0.39, 0.29) is 6.42 Å². The number of allylic oxidation sites excluding steroid dienone is 2. The average molecular weight is 323 g/mol. The molecule has 0 fully saturated rings. The number of carboxylic acids is 1. The molecule has 23 heavy (non-hydrogen) atoms. The third kappa shape index (κ3) is 13.5. The van der Waals surface area contributed by atoms with Crippen molar-refractivity contribution in [3.05, 3.63) is 22.3 Å². The molecule has 1 atom stereocenters. The van der Waals surface area contributed by atoms with Gasteiger partial charge in [0, 0.05) is 24.2 Å². The Morgan fingerprint density at radius 3 is 2.52 bits per heavy atom. The largest absolute Gasteiger partial charge is 0.476 e. The van der Waals surface area contributed by atoms with Crippen molar-refractivity contribution >= 4 is 5.97 Å². The minimum atomic E-state index is -1.45. The SMILES string of the molecule is CCCCCC#CCC=CCCCCCCC(C(=O)O)[N+](=O)[O-]. The molecule has 0 aromatic carbocycles. The highest BCUT2D eigenvalue weighted by molar-refractivity contribution is 5.71. The van der Waals surface area contributed by atoms with Crippen molar-refractivity contribution in [1.29, 1.82) is 0 Å². The topological polar surface area (TPSA) is 80.4 Å². The Hall–Kier alpha value is -1.83. The quantitative estimate of drug-likeness (QED) is 0.177. The van der Waals surface area contributed by atoms with Gasteiger partial charge in [0.1, 0.15) is 0 Å². The molecule has 0 radical (unpaired) electrons. The van der Waals surface area contributed by atoms with Crippen LogP contribution >= 0.6 is 0 Å². The second kappa shape index (κ2) is 15.1. The zero-order valence-corrected chi connectivity index (χ0v) is 14.1. The maximum absolute atomic E-state index is 10.6. The third-order valence-corrected chi connectivity index (χ3v) is 3.55. The van der Waals surface area contributed by atoms with Crippen LogP contribution in [0.2, 0.25) is 0 Å². The monoisotopic (exact) mass is 323 g/mol. The molecule has 0 aliphatic carbocycles. The van der Waals surface area contributed by atoms with Crippen molar-refractivity contribution in [2.45, 2.75) is 83.6 Å². The molecule has 0 saturated carbocycles. The summed E-state index contributed by atoms with van der Waals surface area (Å²) < 4.78 is 0. The fourth-order valence-corrected chi connectivity index (χ4v) is 2.16. The Morgan fingerprint density at radius 1 is 1.13 bits per heavy atom. The van der Waals surface area contributed by atoms with Gasteiger partial charge in [0.2, 0.25) is 0 Å². The van der Waals surface area contributed by atoms with E-state index in [1.165, 1.54) is 19.3 Å². The highest BCUT2D eigenvalue weighted by atomic mass is 16.6. The molecule has 0 spiro atoms. The van der Waals surface area contributed by atoms with Gasteiger partial charge in [-0.2, -0.15) is 0 Å². The number of carbonyl (C=O) groups is 1. The Kier molecular flexibility index (Phi) is 13.9. The molecule has 5 nitrogen and oxygen atoms in total. The number of hydrogen-bond donors (Lipinski definition) is 1. The van der Waals surface area contributed by atoms with Crippen molar-refractivity contribution in [3.63, 3.8) is 0 Å². The molecule has 0 amide bonds. The van der Waals surface area contributed by atoms with Crippen molar-refractivity contribution in [3.8, 4) is 11.8 Å². The molecule has 0 aliphatic heterocycles. The number of nitrogens with zero attached hydrogens (tertiary/aromatic N) is 1. The summed E-state index contributed by atoms with van der Waals surface area (Å²) in [6, 6.07) is -1.45. The zero-order chi connectivity index (χ0) is 17.3. The lowest BCUT2D eigenvalue weighted by atomic mass is 10.1. The predicted octanol–water partition coefficient (Wildman–Crippen LogP) is 4.59. The van der Waals surface area contributed by atoms with Crippen LogP contribution in [0, 0.1) is 22.0 Å². The molecule has 0 aromatic rings. The Labute approximate surface area is 139 Å². The Morgan fingerprint density at radius 2 is 1.87 bits per heavy atom. The van der Waals surface area contributed by atoms with E-state index >= 15 is 0 Å². The van der Waals surface area contributed by atoms with E-state index in [9.17, 15) is 14.9 Å². The van der Waals surface area contributed by atoms with E-state index < -0.39 is 16.9 Å². The number of nitro groups is 1. The zero-order valence-electron chi connectivity index (χ0n) is 14.1. The van der Waals surface area contributed by atoms with Crippen LogP contribution in [0.15, 0.2) is 12.2 Å². The van der Waals surface area contributed by atoms with Gasteiger partial charge in [-0.05, 0) is 25.7 Å². The van der Waals surface area contributed by atoms with E-state index in [1.54, 1.807) is 0 Å². The minimum Gasteiger partial charge on any atom is -0.476 e. The summed E-state index contributed by atoms with van der Waals surface area (Å²) in [4.78, 5) is 20.4. The number of aliphatic carboxylic acids is 1. The first-order chi connectivity index (χ1) is 11.1. The molecule has 0 aromatic heterocycles. The van der Waals surface area contributed by atoms with Gasteiger partial charge >= 0.3 is 12.0 Å². The summed E-state index contributed by atoms with van der Waals surface area (Å²) >= 11 is 0. The van der Waals surface area contributed by atoms with E-state index in [4.69, 9.17) is 5.11 Å². The molecule has 0 heterocycles. The number of hydrogen-bond acceptors (Lipinski definition) is 3. The first-order valence-electron chi connectivity index (χ1n) is 8.56. The van der Waals surface area contributed by atoms with E-state index in [0.717, 1.165) is 38.5 Å². The van der Waals surface area contributed by atoms with Crippen molar-refractivity contribution in [2.75, 3.05) is 0 Å². The first kappa shape index (κ1) is 21.2. The smallest absolute Gasteiger partial charge is 0.379 e. The Bertz CT molecular complexity index is 406. The summed E-state index contributed by atoms with van der Waals surface area (Å²) in [7, 11) is 0. The van der Waals surface area contributed by atoms with Gasteiger partial charge in [0.15, 0.2) is 0 Å². The fraction of sp³-hybridized carbons (Fsp3) is 0.722. The normalized spacial score (nSPS) is 11.9. The molecule has 1 N–H and O–H groups in total. The molecule has 0 bridgehead atoms. The van der Waals surface area contributed by atoms with Crippen LogP contribution in [-0.2, 0) is 4.79 Å². The van der Waals surface area contributed by atoms with E-state index in [2.05, 4.69) is 30.9 Å². The first-order valence-corrected chi connectivity index (χ1v) is 8.56. The van der Waals surface area contributed by atoms with E-state index in [1.807, 2.05) is 0 Å². The van der Waals surface area contributed by atoms with Gasteiger partial charge < -0.3 is 5.11 Å².